The Balaban J connectivity index is 1.72. The summed E-state index contributed by atoms with van der Waals surface area (Å²) >= 11 is 0. The highest BCUT2D eigenvalue weighted by molar-refractivity contribution is 6.10. The van der Waals surface area contributed by atoms with Crippen molar-refractivity contribution in [2.45, 2.75) is 38.1 Å². The average Bonchev–Trinajstić information content (AvgIpc) is 3.21. The number of anilines is 1. The third kappa shape index (κ3) is 3.73. The largest absolute Gasteiger partial charge is 0.360 e. The van der Waals surface area contributed by atoms with E-state index >= 15 is 0 Å². The number of benzene rings is 4. The van der Waals surface area contributed by atoms with Gasteiger partial charge in [-0.15, -0.1) is 0 Å². The Labute approximate surface area is 232 Å². The Bertz CT molecular complexity index is 1550. The van der Waals surface area contributed by atoms with E-state index in [0.717, 1.165) is 35.2 Å². The maximum atomic E-state index is 14.9. The first-order valence-corrected chi connectivity index (χ1v) is 14.1. The first-order valence-electron chi connectivity index (χ1n) is 14.1. The molecule has 1 aliphatic carbocycles. The highest BCUT2D eigenvalue weighted by Gasteiger charge is 2.63. The zero-order chi connectivity index (χ0) is 27.0. The normalized spacial score (nSPS) is 23.8. The molecule has 1 spiro atoms. The van der Waals surface area contributed by atoms with Crippen molar-refractivity contribution in [3.8, 4) is 0 Å². The molecule has 0 saturated heterocycles. The quantitative estimate of drug-likeness (QED) is 0.243. The first kappa shape index (κ1) is 25.1. The lowest BCUT2D eigenvalue weighted by Gasteiger charge is -2.54. The SMILES string of the molecule is CCN1c2ccccc2[C@@](C)(CC)[C@@]12C=C(c1ccccc1)C=C(c1ccccc1)[C@H]2C(=O)c1ccccc1. The standard InChI is InChI=1S/C37H35NO/c1-4-36(3)32-23-15-16-24-33(32)38(5-2)37(36)26-30(27-17-9-6-10-18-27)25-31(28-19-11-7-12-20-28)34(37)35(39)29-21-13-8-14-22-29/h6-26,34H,4-5H2,1-3H3/t34-,36+,37-/m0/s1. The molecule has 0 aromatic heterocycles. The summed E-state index contributed by atoms with van der Waals surface area (Å²) in [7, 11) is 0. The van der Waals surface area contributed by atoms with Crippen LogP contribution in [0, 0.1) is 5.92 Å². The molecule has 0 amide bonds. The maximum absolute atomic E-state index is 14.9. The lowest BCUT2D eigenvalue weighted by molar-refractivity contribution is 0.0874. The van der Waals surface area contributed by atoms with Crippen LogP contribution in [0.4, 0.5) is 5.69 Å². The molecule has 0 bridgehead atoms. The van der Waals surface area contributed by atoms with Crippen molar-refractivity contribution in [2.75, 3.05) is 11.4 Å². The van der Waals surface area contributed by atoms with Gasteiger partial charge in [0.2, 0.25) is 0 Å². The van der Waals surface area contributed by atoms with Crippen molar-refractivity contribution < 1.29 is 4.79 Å². The first-order chi connectivity index (χ1) is 19.0. The van der Waals surface area contributed by atoms with Crippen LogP contribution in [0.3, 0.4) is 0 Å². The summed E-state index contributed by atoms with van der Waals surface area (Å²) in [6.07, 6.45) is 5.61. The van der Waals surface area contributed by atoms with Crippen LogP contribution in [-0.2, 0) is 5.41 Å². The predicted octanol–water partition coefficient (Wildman–Crippen LogP) is 8.61. The molecular weight excluding hydrogens is 474 g/mol. The number of carbonyl (C=O) groups is 1. The predicted molar refractivity (Wildman–Crippen MR) is 163 cm³/mol. The van der Waals surface area contributed by atoms with Gasteiger partial charge in [0.25, 0.3) is 0 Å². The van der Waals surface area contributed by atoms with Crippen molar-refractivity contribution in [3.05, 3.63) is 150 Å². The number of Topliss-reactive ketones (excluding diaryl/α,β-unsaturated/α-hetero) is 1. The second-order valence-corrected chi connectivity index (χ2v) is 10.9. The number of likely N-dealkylation sites (N-methyl/N-ethyl adjacent to an activating group) is 1. The van der Waals surface area contributed by atoms with Crippen LogP contribution in [0.15, 0.2) is 127 Å². The molecule has 194 valence electrons. The Morgan fingerprint density at radius 1 is 0.744 bits per heavy atom. The molecule has 4 aromatic rings. The summed E-state index contributed by atoms with van der Waals surface area (Å²) in [6.45, 7) is 7.67. The number of nitrogens with zero attached hydrogens (tertiary/aromatic N) is 1. The van der Waals surface area contributed by atoms with Crippen molar-refractivity contribution in [1.82, 2.24) is 0 Å². The van der Waals surface area contributed by atoms with Crippen LogP contribution < -0.4 is 4.90 Å². The second-order valence-electron chi connectivity index (χ2n) is 10.9. The highest BCUT2D eigenvalue weighted by atomic mass is 16.1. The summed E-state index contributed by atoms with van der Waals surface area (Å²) < 4.78 is 0. The molecule has 3 atom stereocenters. The maximum Gasteiger partial charge on any atom is 0.173 e. The minimum atomic E-state index is -0.599. The smallest absolute Gasteiger partial charge is 0.173 e. The van der Waals surface area contributed by atoms with Crippen LogP contribution in [0.5, 0.6) is 0 Å². The lowest BCUT2D eigenvalue weighted by Crippen LogP contribution is -2.63. The number of allylic oxidation sites excluding steroid dienone is 2. The number of para-hydroxylation sites is 1. The van der Waals surface area contributed by atoms with Gasteiger partial charge in [0.1, 0.15) is 0 Å². The van der Waals surface area contributed by atoms with Crippen molar-refractivity contribution in [2.24, 2.45) is 5.92 Å². The van der Waals surface area contributed by atoms with Gasteiger partial charge in [-0.3, -0.25) is 4.79 Å². The molecule has 0 N–H and O–H groups in total. The molecule has 0 saturated carbocycles. The van der Waals surface area contributed by atoms with E-state index in [0.29, 0.717) is 0 Å². The molecule has 1 aliphatic heterocycles. The van der Waals surface area contributed by atoms with Gasteiger partial charge in [-0.1, -0.05) is 123 Å². The van der Waals surface area contributed by atoms with E-state index < -0.39 is 11.5 Å². The summed E-state index contributed by atoms with van der Waals surface area (Å²) in [4.78, 5) is 17.4. The van der Waals surface area contributed by atoms with Crippen LogP contribution >= 0.6 is 0 Å². The summed E-state index contributed by atoms with van der Waals surface area (Å²) in [5.41, 5.74) is 6.91. The zero-order valence-corrected chi connectivity index (χ0v) is 23.0. The fourth-order valence-corrected chi connectivity index (χ4v) is 7.14. The molecule has 2 nitrogen and oxygen atoms in total. The van der Waals surface area contributed by atoms with Crippen LogP contribution in [0.25, 0.3) is 11.1 Å². The lowest BCUT2D eigenvalue weighted by atomic mass is 9.55. The minimum Gasteiger partial charge on any atom is -0.360 e. The fraction of sp³-hybridized carbons (Fsp3) is 0.216. The molecule has 2 aliphatic rings. The van der Waals surface area contributed by atoms with Crippen LogP contribution in [0.1, 0.15) is 54.2 Å². The number of carbonyl (C=O) groups excluding carboxylic acids is 1. The minimum absolute atomic E-state index is 0.167. The third-order valence-electron chi connectivity index (χ3n) is 9.12. The zero-order valence-electron chi connectivity index (χ0n) is 23.0. The summed E-state index contributed by atoms with van der Waals surface area (Å²) in [5.74, 6) is -0.230. The second kappa shape index (κ2) is 9.85. The van der Waals surface area contributed by atoms with E-state index in [2.05, 4.69) is 117 Å². The number of hydrogen-bond acceptors (Lipinski definition) is 2. The molecule has 0 unspecified atom stereocenters. The van der Waals surface area contributed by atoms with Crippen molar-refractivity contribution in [3.63, 3.8) is 0 Å². The fourth-order valence-electron chi connectivity index (χ4n) is 7.14. The van der Waals surface area contributed by atoms with Gasteiger partial charge in [-0.2, -0.15) is 0 Å². The van der Waals surface area contributed by atoms with E-state index in [-0.39, 0.29) is 11.2 Å². The third-order valence-corrected chi connectivity index (χ3v) is 9.12. The van der Waals surface area contributed by atoms with E-state index in [1.54, 1.807) is 0 Å². The van der Waals surface area contributed by atoms with Gasteiger partial charge in [0.05, 0.1) is 11.5 Å². The van der Waals surface area contributed by atoms with Crippen LogP contribution in [0.2, 0.25) is 0 Å². The highest BCUT2D eigenvalue weighted by Crippen LogP contribution is 2.62. The number of hydrogen-bond donors (Lipinski definition) is 0. The molecule has 1 heterocycles. The van der Waals surface area contributed by atoms with Gasteiger partial charge in [0, 0.05) is 23.2 Å². The number of rotatable bonds is 6. The Morgan fingerprint density at radius 2 is 1.31 bits per heavy atom. The van der Waals surface area contributed by atoms with Gasteiger partial charge in [-0.25, -0.2) is 0 Å². The Kier molecular flexibility index (Phi) is 6.35. The number of fused-ring (bicyclic) bond motifs is 1. The summed E-state index contributed by atoms with van der Waals surface area (Å²) in [6, 6.07) is 39.8. The molecule has 0 radical (unpaired) electrons. The monoisotopic (exact) mass is 509 g/mol. The van der Waals surface area contributed by atoms with Crippen molar-refractivity contribution in [1.29, 1.82) is 0 Å². The Hall–Kier alpha value is -4.17. The number of ketones is 1. The molecule has 2 heteroatoms. The topological polar surface area (TPSA) is 20.3 Å². The molecule has 0 fully saturated rings. The molecule has 39 heavy (non-hydrogen) atoms. The molecule has 4 aromatic carbocycles. The van der Waals surface area contributed by atoms with E-state index in [1.165, 1.54) is 16.8 Å². The van der Waals surface area contributed by atoms with Gasteiger partial charge >= 0.3 is 0 Å². The van der Waals surface area contributed by atoms with Gasteiger partial charge < -0.3 is 4.90 Å². The van der Waals surface area contributed by atoms with E-state index in [4.69, 9.17) is 0 Å². The van der Waals surface area contributed by atoms with Gasteiger partial charge in [-0.05, 0) is 59.4 Å². The molecular formula is C37H35NO. The van der Waals surface area contributed by atoms with Crippen molar-refractivity contribution >= 4 is 22.6 Å². The van der Waals surface area contributed by atoms with Crippen LogP contribution in [-0.4, -0.2) is 17.9 Å². The summed E-state index contributed by atoms with van der Waals surface area (Å²) in [5, 5.41) is 0. The Morgan fingerprint density at radius 3 is 1.92 bits per heavy atom. The average molecular weight is 510 g/mol. The van der Waals surface area contributed by atoms with E-state index in [1.807, 2.05) is 36.4 Å². The molecule has 6 rings (SSSR count). The van der Waals surface area contributed by atoms with Gasteiger partial charge in [0.15, 0.2) is 5.78 Å². The van der Waals surface area contributed by atoms with E-state index in [9.17, 15) is 4.79 Å².